The Balaban J connectivity index is 2.25. The SMILES string of the molecule is COCCN(C)S(=O)(=O)c1ccc2c(c1)OCCO2. The van der Waals surface area contributed by atoms with Crippen LogP contribution in [-0.2, 0) is 14.8 Å². The fourth-order valence-electron chi connectivity index (χ4n) is 1.70. The van der Waals surface area contributed by atoms with Crippen LogP contribution in [0.4, 0.5) is 0 Å². The molecule has 7 heteroatoms. The van der Waals surface area contributed by atoms with E-state index in [0.717, 1.165) is 0 Å². The van der Waals surface area contributed by atoms with Crippen LogP contribution < -0.4 is 9.47 Å². The van der Waals surface area contributed by atoms with Gasteiger partial charge in [0.05, 0.1) is 11.5 Å². The van der Waals surface area contributed by atoms with Crippen LogP contribution in [0, 0.1) is 0 Å². The lowest BCUT2D eigenvalue weighted by Crippen LogP contribution is -2.30. The second-order valence-corrected chi connectivity index (χ2v) is 6.17. The third kappa shape index (κ3) is 2.99. The van der Waals surface area contributed by atoms with E-state index in [-0.39, 0.29) is 4.90 Å². The van der Waals surface area contributed by atoms with Crippen molar-refractivity contribution in [2.24, 2.45) is 0 Å². The van der Waals surface area contributed by atoms with E-state index in [1.54, 1.807) is 6.07 Å². The molecule has 1 aliphatic heterocycles. The second-order valence-electron chi connectivity index (χ2n) is 4.12. The van der Waals surface area contributed by atoms with Crippen molar-refractivity contribution in [2.75, 3.05) is 40.5 Å². The van der Waals surface area contributed by atoms with Gasteiger partial charge in [0.2, 0.25) is 10.0 Å². The van der Waals surface area contributed by atoms with Crippen LogP contribution in [-0.4, -0.2) is 53.2 Å². The van der Waals surface area contributed by atoms with Crippen LogP contribution in [0.3, 0.4) is 0 Å². The molecule has 0 atom stereocenters. The van der Waals surface area contributed by atoms with Crippen LogP contribution in [0.1, 0.15) is 0 Å². The fraction of sp³-hybridized carbons (Fsp3) is 0.500. The largest absolute Gasteiger partial charge is 0.486 e. The Morgan fingerprint density at radius 1 is 1.26 bits per heavy atom. The molecule has 19 heavy (non-hydrogen) atoms. The Bertz CT molecular complexity index is 543. The smallest absolute Gasteiger partial charge is 0.243 e. The van der Waals surface area contributed by atoms with E-state index in [1.165, 1.54) is 30.6 Å². The molecular formula is C12H17NO5S. The quantitative estimate of drug-likeness (QED) is 0.798. The minimum absolute atomic E-state index is 0.190. The predicted octanol–water partition coefficient (Wildman–Crippen LogP) is 0.725. The average Bonchev–Trinajstić information content (AvgIpc) is 2.44. The molecular weight excluding hydrogens is 270 g/mol. The third-order valence-corrected chi connectivity index (χ3v) is 4.68. The number of hydrogen-bond donors (Lipinski definition) is 0. The molecule has 0 amide bonds. The predicted molar refractivity (Wildman–Crippen MR) is 69.1 cm³/mol. The summed E-state index contributed by atoms with van der Waals surface area (Å²) in [6.07, 6.45) is 0. The standard InChI is InChI=1S/C12H17NO5S/c1-13(5-6-16-2)19(14,15)10-3-4-11-12(9-10)18-8-7-17-11/h3-4,9H,5-8H2,1-2H3. The number of hydrogen-bond acceptors (Lipinski definition) is 5. The monoisotopic (exact) mass is 287 g/mol. The van der Waals surface area contributed by atoms with Gasteiger partial charge in [0, 0.05) is 26.8 Å². The maximum Gasteiger partial charge on any atom is 0.243 e. The van der Waals surface area contributed by atoms with Crippen LogP contribution >= 0.6 is 0 Å². The average molecular weight is 287 g/mol. The lowest BCUT2D eigenvalue weighted by Gasteiger charge is -2.21. The number of sulfonamides is 1. The highest BCUT2D eigenvalue weighted by Crippen LogP contribution is 2.32. The molecule has 106 valence electrons. The van der Waals surface area contributed by atoms with Gasteiger partial charge >= 0.3 is 0 Å². The van der Waals surface area contributed by atoms with E-state index in [2.05, 4.69) is 0 Å². The molecule has 1 aromatic rings. The van der Waals surface area contributed by atoms with E-state index in [4.69, 9.17) is 14.2 Å². The molecule has 1 aromatic carbocycles. The van der Waals surface area contributed by atoms with Crippen LogP contribution in [0.25, 0.3) is 0 Å². The van der Waals surface area contributed by atoms with Gasteiger partial charge in [0.15, 0.2) is 11.5 Å². The Kier molecular flexibility index (Phi) is 4.28. The molecule has 0 unspecified atom stereocenters. The summed E-state index contributed by atoms with van der Waals surface area (Å²) < 4.78 is 41.5. The van der Waals surface area contributed by atoms with Gasteiger partial charge in [-0.25, -0.2) is 8.42 Å². The number of benzene rings is 1. The summed E-state index contributed by atoms with van der Waals surface area (Å²) in [5.74, 6) is 1.04. The molecule has 0 aliphatic carbocycles. The first-order valence-electron chi connectivity index (χ1n) is 5.90. The van der Waals surface area contributed by atoms with Crippen molar-refractivity contribution in [3.05, 3.63) is 18.2 Å². The number of methoxy groups -OCH3 is 1. The normalized spacial score (nSPS) is 14.7. The molecule has 0 spiro atoms. The van der Waals surface area contributed by atoms with Crippen molar-refractivity contribution in [1.29, 1.82) is 0 Å². The van der Waals surface area contributed by atoms with Gasteiger partial charge in [0.25, 0.3) is 0 Å². The highest BCUT2D eigenvalue weighted by molar-refractivity contribution is 7.89. The second kappa shape index (κ2) is 5.77. The minimum atomic E-state index is -3.53. The number of likely N-dealkylation sites (N-methyl/N-ethyl adjacent to an activating group) is 1. The summed E-state index contributed by atoms with van der Waals surface area (Å²) in [7, 11) is -0.476. The Morgan fingerprint density at radius 3 is 2.63 bits per heavy atom. The Labute approximate surface area is 112 Å². The molecule has 2 rings (SSSR count). The number of ether oxygens (including phenoxy) is 3. The molecule has 0 radical (unpaired) electrons. The van der Waals surface area contributed by atoms with Gasteiger partial charge in [-0.05, 0) is 12.1 Å². The molecule has 6 nitrogen and oxygen atoms in total. The number of fused-ring (bicyclic) bond motifs is 1. The summed E-state index contributed by atoms with van der Waals surface area (Å²) in [4.78, 5) is 0.190. The minimum Gasteiger partial charge on any atom is -0.486 e. The van der Waals surface area contributed by atoms with Gasteiger partial charge in [-0.2, -0.15) is 4.31 Å². The first-order chi connectivity index (χ1) is 9.05. The van der Waals surface area contributed by atoms with Gasteiger partial charge in [-0.15, -0.1) is 0 Å². The third-order valence-electron chi connectivity index (χ3n) is 2.83. The van der Waals surface area contributed by atoms with Gasteiger partial charge in [0.1, 0.15) is 13.2 Å². The molecule has 0 fully saturated rings. The summed E-state index contributed by atoms with van der Waals surface area (Å²) in [5.41, 5.74) is 0. The van der Waals surface area contributed by atoms with Crippen molar-refractivity contribution in [2.45, 2.75) is 4.90 Å². The first-order valence-corrected chi connectivity index (χ1v) is 7.34. The van der Waals surface area contributed by atoms with Gasteiger partial charge < -0.3 is 14.2 Å². The zero-order chi connectivity index (χ0) is 13.9. The van der Waals surface area contributed by atoms with Crippen molar-refractivity contribution < 1.29 is 22.6 Å². The highest BCUT2D eigenvalue weighted by atomic mass is 32.2. The highest BCUT2D eigenvalue weighted by Gasteiger charge is 2.23. The van der Waals surface area contributed by atoms with Gasteiger partial charge in [-0.1, -0.05) is 0 Å². The summed E-state index contributed by atoms with van der Waals surface area (Å²) in [6, 6.07) is 4.63. The summed E-state index contributed by atoms with van der Waals surface area (Å²) in [5, 5.41) is 0. The lowest BCUT2D eigenvalue weighted by atomic mass is 10.3. The maximum atomic E-state index is 12.3. The Morgan fingerprint density at radius 2 is 1.95 bits per heavy atom. The van der Waals surface area contributed by atoms with E-state index < -0.39 is 10.0 Å². The molecule has 0 saturated heterocycles. The van der Waals surface area contributed by atoms with Crippen LogP contribution in [0.15, 0.2) is 23.1 Å². The molecule has 1 aliphatic rings. The summed E-state index contributed by atoms with van der Waals surface area (Å²) >= 11 is 0. The molecule has 0 aromatic heterocycles. The van der Waals surface area contributed by atoms with E-state index in [9.17, 15) is 8.42 Å². The molecule has 0 bridgehead atoms. The maximum absolute atomic E-state index is 12.3. The topological polar surface area (TPSA) is 65.1 Å². The zero-order valence-corrected chi connectivity index (χ0v) is 11.8. The first kappa shape index (κ1) is 14.1. The number of nitrogens with zero attached hydrogens (tertiary/aromatic N) is 1. The lowest BCUT2D eigenvalue weighted by molar-refractivity contribution is 0.171. The van der Waals surface area contributed by atoms with Crippen molar-refractivity contribution in [3.8, 4) is 11.5 Å². The zero-order valence-electron chi connectivity index (χ0n) is 11.0. The summed E-state index contributed by atoms with van der Waals surface area (Å²) in [6.45, 7) is 1.55. The molecule has 0 saturated carbocycles. The fourth-order valence-corrected chi connectivity index (χ4v) is 2.87. The van der Waals surface area contributed by atoms with Crippen molar-refractivity contribution in [1.82, 2.24) is 4.31 Å². The van der Waals surface area contributed by atoms with E-state index in [0.29, 0.717) is 37.9 Å². The molecule has 1 heterocycles. The van der Waals surface area contributed by atoms with Crippen LogP contribution in [0.5, 0.6) is 11.5 Å². The molecule has 0 N–H and O–H groups in total. The number of rotatable bonds is 5. The van der Waals surface area contributed by atoms with Crippen molar-refractivity contribution >= 4 is 10.0 Å². The van der Waals surface area contributed by atoms with E-state index >= 15 is 0 Å². The van der Waals surface area contributed by atoms with E-state index in [1.807, 2.05) is 0 Å². The van der Waals surface area contributed by atoms with Crippen LogP contribution in [0.2, 0.25) is 0 Å². The van der Waals surface area contributed by atoms with Crippen molar-refractivity contribution in [3.63, 3.8) is 0 Å². The van der Waals surface area contributed by atoms with Gasteiger partial charge in [-0.3, -0.25) is 0 Å². The Hall–Kier alpha value is -1.31.